The predicted molar refractivity (Wildman–Crippen MR) is 78.4 cm³/mol. The molecule has 0 aromatic heterocycles. The summed E-state index contributed by atoms with van der Waals surface area (Å²) in [6, 6.07) is 0. The van der Waals surface area contributed by atoms with E-state index in [9.17, 15) is 0 Å². The van der Waals surface area contributed by atoms with Crippen molar-refractivity contribution in [2.45, 2.75) is 13.3 Å². The van der Waals surface area contributed by atoms with Crippen LogP contribution in [-0.2, 0) is 9.47 Å². The van der Waals surface area contributed by atoms with Crippen LogP contribution in [0.1, 0.15) is 13.3 Å². The number of hydrogen-bond donors (Lipinski definition) is 1. The molecule has 0 radical (unpaired) electrons. The maximum atomic E-state index is 5.67. The average Bonchev–Trinajstić information content (AvgIpc) is 2.44. The minimum absolute atomic E-state index is 0.612. The van der Waals surface area contributed by atoms with Gasteiger partial charge in [-0.2, -0.15) is 0 Å². The second-order valence-electron chi connectivity index (χ2n) is 5.44. The van der Waals surface area contributed by atoms with Crippen molar-refractivity contribution in [3.05, 3.63) is 0 Å². The van der Waals surface area contributed by atoms with Gasteiger partial charge in [-0.25, -0.2) is 0 Å². The highest BCUT2D eigenvalue weighted by Gasteiger charge is 2.17. The topological polar surface area (TPSA) is 51.0 Å². The lowest BCUT2D eigenvalue weighted by Crippen LogP contribution is -2.48. The number of piperazine rings is 1. The van der Waals surface area contributed by atoms with Crippen molar-refractivity contribution in [2.24, 2.45) is 11.7 Å². The van der Waals surface area contributed by atoms with Gasteiger partial charge >= 0.3 is 0 Å². The van der Waals surface area contributed by atoms with Crippen LogP contribution in [0.3, 0.4) is 0 Å². The van der Waals surface area contributed by atoms with E-state index >= 15 is 0 Å². The highest BCUT2D eigenvalue weighted by Crippen LogP contribution is 2.05. The van der Waals surface area contributed by atoms with Crippen LogP contribution >= 0.6 is 0 Å². The summed E-state index contributed by atoms with van der Waals surface area (Å²) in [4.78, 5) is 5.06. The zero-order valence-corrected chi connectivity index (χ0v) is 12.6. The van der Waals surface area contributed by atoms with Gasteiger partial charge in [0.25, 0.3) is 0 Å². The van der Waals surface area contributed by atoms with Crippen LogP contribution < -0.4 is 5.73 Å². The van der Waals surface area contributed by atoms with Crippen LogP contribution in [-0.4, -0.2) is 82.5 Å². The van der Waals surface area contributed by atoms with Gasteiger partial charge in [0.1, 0.15) is 0 Å². The van der Waals surface area contributed by atoms with Gasteiger partial charge in [-0.05, 0) is 18.9 Å². The predicted octanol–water partition coefficient (Wildman–Crippen LogP) is 0.252. The van der Waals surface area contributed by atoms with Crippen molar-refractivity contribution in [1.29, 1.82) is 0 Å². The standard InChI is InChI=1S/C14H31N3O2/c1-14(12-15)13-17-7-5-16(6-8-17)4-3-9-19-11-10-18-2/h14H,3-13,15H2,1-2H3. The van der Waals surface area contributed by atoms with Crippen LogP contribution in [0, 0.1) is 5.92 Å². The third-order valence-electron chi connectivity index (χ3n) is 3.63. The first kappa shape index (κ1) is 16.9. The summed E-state index contributed by atoms with van der Waals surface area (Å²) in [6.45, 7) is 12.3. The Morgan fingerprint density at radius 1 is 1.05 bits per heavy atom. The van der Waals surface area contributed by atoms with E-state index in [-0.39, 0.29) is 0 Å². The molecule has 114 valence electrons. The second-order valence-corrected chi connectivity index (χ2v) is 5.44. The van der Waals surface area contributed by atoms with Crippen LogP contribution in [0.2, 0.25) is 0 Å². The van der Waals surface area contributed by atoms with Crippen molar-refractivity contribution in [1.82, 2.24) is 9.80 Å². The van der Waals surface area contributed by atoms with Crippen molar-refractivity contribution >= 4 is 0 Å². The summed E-state index contributed by atoms with van der Waals surface area (Å²) in [7, 11) is 1.70. The van der Waals surface area contributed by atoms with E-state index in [1.54, 1.807) is 7.11 Å². The monoisotopic (exact) mass is 273 g/mol. The Hall–Kier alpha value is -0.200. The van der Waals surface area contributed by atoms with Crippen LogP contribution in [0.5, 0.6) is 0 Å². The van der Waals surface area contributed by atoms with Crippen molar-refractivity contribution in [3.63, 3.8) is 0 Å². The zero-order valence-electron chi connectivity index (χ0n) is 12.6. The quantitative estimate of drug-likeness (QED) is 0.578. The first-order valence-corrected chi connectivity index (χ1v) is 7.47. The number of methoxy groups -OCH3 is 1. The molecule has 2 N–H and O–H groups in total. The summed E-state index contributed by atoms with van der Waals surface area (Å²) in [5.41, 5.74) is 5.67. The van der Waals surface area contributed by atoms with Gasteiger partial charge in [0.05, 0.1) is 13.2 Å². The van der Waals surface area contributed by atoms with Gasteiger partial charge in [-0.1, -0.05) is 6.92 Å². The zero-order chi connectivity index (χ0) is 13.9. The fraction of sp³-hybridized carbons (Fsp3) is 1.00. The molecule has 1 rings (SSSR count). The fourth-order valence-electron chi connectivity index (χ4n) is 2.35. The fourth-order valence-corrected chi connectivity index (χ4v) is 2.35. The molecule has 1 saturated heterocycles. The van der Waals surface area contributed by atoms with Crippen LogP contribution in [0.4, 0.5) is 0 Å². The van der Waals surface area contributed by atoms with E-state index in [1.807, 2.05) is 0 Å². The Balaban J connectivity index is 1.97. The molecule has 0 amide bonds. The van der Waals surface area contributed by atoms with Gasteiger partial charge in [0.2, 0.25) is 0 Å². The average molecular weight is 273 g/mol. The molecule has 1 unspecified atom stereocenters. The van der Waals surface area contributed by atoms with Gasteiger partial charge in [-0.3, -0.25) is 0 Å². The van der Waals surface area contributed by atoms with E-state index in [4.69, 9.17) is 15.2 Å². The number of ether oxygens (including phenoxy) is 2. The number of hydrogen-bond acceptors (Lipinski definition) is 5. The third-order valence-corrected chi connectivity index (χ3v) is 3.63. The largest absolute Gasteiger partial charge is 0.382 e. The maximum Gasteiger partial charge on any atom is 0.0700 e. The number of nitrogens with zero attached hydrogens (tertiary/aromatic N) is 2. The van der Waals surface area contributed by atoms with Gasteiger partial charge in [-0.15, -0.1) is 0 Å². The first-order valence-electron chi connectivity index (χ1n) is 7.47. The van der Waals surface area contributed by atoms with Crippen molar-refractivity contribution < 1.29 is 9.47 Å². The summed E-state index contributed by atoms with van der Waals surface area (Å²) in [5.74, 6) is 0.612. The molecule has 1 heterocycles. The maximum absolute atomic E-state index is 5.67. The summed E-state index contributed by atoms with van der Waals surface area (Å²) in [6.07, 6.45) is 1.11. The van der Waals surface area contributed by atoms with E-state index in [0.29, 0.717) is 19.1 Å². The Bertz CT molecular complexity index is 209. The highest BCUT2D eigenvalue weighted by atomic mass is 16.5. The molecule has 0 saturated carbocycles. The Morgan fingerprint density at radius 2 is 1.74 bits per heavy atom. The molecule has 19 heavy (non-hydrogen) atoms. The Kier molecular flexibility index (Phi) is 9.38. The molecule has 0 aliphatic carbocycles. The minimum atomic E-state index is 0.612. The van der Waals surface area contributed by atoms with Crippen LogP contribution in [0.25, 0.3) is 0 Å². The SMILES string of the molecule is COCCOCCCN1CCN(CC(C)CN)CC1. The molecule has 1 atom stereocenters. The minimum Gasteiger partial charge on any atom is -0.382 e. The first-order chi connectivity index (χ1) is 9.26. The smallest absolute Gasteiger partial charge is 0.0700 e. The van der Waals surface area contributed by atoms with E-state index in [1.165, 1.54) is 26.2 Å². The molecule has 1 fully saturated rings. The number of nitrogens with two attached hydrogens (primary N) is 1. The lowest BCUT2D eigenvalue weighted by molar-refractivity contribution is 0.0600. The highest BCUT2D eigenvalue weighted by molar-refractivity contribution is 4.73. The summed E-state index contributed by atoms with van der Waals surface area (Å²) in [5, 5.41) is 0. The van der Waals surface area contributed by atoms with E-state index < -0.39 is 0 Å². The van der Waals surface area contributed by atoms with Crippen molar-refractivity contribution in [3.8, 4) is 0 Å². The molecule has 5 heteroatoms. The molecule has 0 aromatic rings. The lowest BCUT2D eigenvalue weighted by atomic mass is 10.1. The molecule has 0 bridgehead atoms. The summed E-state index contributed by atoms with van der Waals surface area (Å²) >= 11 is 0. The third kappa shape index (κ3) is 7.84. The Morgan fingerprint density at radius 3 is 2.37 bits per heavy atom. The van der Waals surface area contributed by atoms with Gasteiger partial charge in [0.15, 0.2) is 0 Å². The van der Waals surface area contributed by atoms with Crippen LogP contribution in [0.15, 0.2) is 0 Å². The van der Waals surface area contributed by atoms with E-state index in [2.05, 4.69) is 16.7 Å². The summed E-state index contributed by atoms with van der Waals surface area (Å²) < 4.78 is 10.4. The van der Waals surface area contributed by atoms with Gasteiger partial charge < -0.3 is 25.0 Å². The van der Waals surface area contributed by atoms with Crippen molar-refractivity contribution in [2.75, 3.05) is 72.7 Å². The molecule has 0 spiro atoms. The Labute approximate surface area is 118 Å². The molecular formula is C14H31N3O2. The molecule has 1 aliphatic rings. The molecule has 5 nitrogen and oxygen atoms in total. The second kappa shape index (κ2) is 10.6. The van der Waals surface area contributed by atoms with Gasteiger partial charge in [0, 0.05) is 53.0 Å². The lowest BCUT2D eigenvalue weighted by Gasteiger charge is -2.35. The van der Waals surface area contributed by atoms with E-state index in [0.717, 1.165) is 32.7 Å². The normalized spacial score (nSPS) is 19.7. The molecule has 0 aromatic carbocycles. The molecule has 1 aliphatic heterocycles. The molecular weight excluding hydrogens is 242 g/mol. The number of rotatable bonds is 10.